The van der Waals surface area contributed by atoms with Gasteiger partial charge in [0, 0.05) is 24.1 Å². The third-order valence-electron chi connectivity index (χ3n) is 3.89. The van der Waals surface area contributed by atoms with E-state index in [0.717, 1.165) is 5.56 Å². The molecule has 2 aromatic rings. The molecule has 0 saturated carbocycles. The quantitative estimate of drug-likeness (QED) is 0.850. The minimum Gasteiger partial charge on any atom is -0.322 e. The van der Waals surface area contributed by atoms with Gasteiger partial charge >= 0.3 is 0 Å². The molecule has 3 rings (SSSR count). The molecular weight excluding hydrogens is 347 g/mol. The number of imide groups is 1. The van der Waals surface area contributed by atoms with E-state index in [-0.39, 0.29) is 42.1 Å². The molecule has 1 aliphatic rings. The van der Waals surface area contributed by atoms with Gasteiger partial charge in [0.2, 0.25) is 11.8 Å². The normalized spacial score (nSPS) is 14.1. The largest absolute Gasteiger partial charge is 0.322 e. The Hall–Kier alpha value is -2.73. The lowest BCUT2D eigenvalue weighted by Crippen LogP contribution is -2.28. The van der Waals surface area contributed by atoms with Crippen LogP contribution in [0, 0.1) is 5.82 Å². The van der Waals surface area contributed by atoms with Crippen molar-refractivity contribution in [3.63, 3.8) is 0 Å². The third-order valence-corrected chi connectivity index (χ3v) is 4.18. The molecule has 1 heterocycles. The molecule has 1 saturated heterocycles. The Morgan fingerprint density at radius 2 is 1.72 bits per heavy atom. The predicted molar refractivity (Wildman–Crippen MR) is 90.6 cm³/mol. The Balaban J connectivity index is 1.67. The highest BCUT2D eigenvalue weighted by molar-refractivity contribution is 6.31. The second-order valence-electron chi connectivity index (χ2n) is 5.65. The van der Waals surface area contributed by atoms with Gasteiger partial charge in [0.1, 0.15) is 5.82 Å². The van der Waals surface area contributed by atoms with E-state index in [4.69, 9.17) is 11.6 Å². The standard InChI is InChI=1S/C18H14ClFN2O3/c19-14-9-13(5-6-15(14)20)21-18(25)12-3-1-11(2-4-12)10-22-16(23)7-8-17(22)24/h1-6,9H,7-8,10H2,(H,21,25). The van der Waals surface area contributed by atoms with Crippen LogP contribution in [0.4, 0.5) is 10.1 Å². The minimum absolute atomic E-state index is 0.0758. The molecule has 5 nitrogen and oxygen atoms in total. The Morgan fingerprint density at radius 1 is 1.08 bits per heavy atom. The van der Waals surface area contributed by atoms with Crippen molar-refractivity contribution >= 4 is 35.0 Å². The van der Waals surface area contributed by atoms with E-state index in [1.807, 2.05) is 0 Å². The number of carbonyl (C=O) groups excluding carboxylic acids is 3. The summed E-state index contributed by atoms with van der Waals surface area (Å²) in [7, 11) is 0. The Morgan fingerprint density at radius 3 is 2.32 bits per heavy atom. The molecule has 0 bridgehead atoms. The molecule has 2 aromatic carbocycles. The molecular formula is C18H14ClFN2O3. The van der Waals surface area contributed by atoms with Gasteiger partial charge in [0.05, 0.1) is 11.6 Å². The molecule has 0 radical (unpaired) electrons. The summed E-state index contributed by atoms with van der Waals surface area (Å²) < 4.78 is 13.1. The zero-order valence-corrected chi connectivity index (χ0v) is 13.8. The van der Waals surface area contributed by atoms with Crippen LogP contribution < -0.4 is 5.32 Å². The summed E-state index contributed by atoms with van der Waals surface area (Å²) in [6.07, 6.45) is 0.499. The number of nitrogens with zero attached hydrogens (tertiary/aromatic N) is 1. The van der Waals surface area contributed by atoms with Crippen molar-refractivity contribution in [2.45, 2.75) is 19.4 Å². The maximum atomic E-state index is 13.1. The summed E-state index contributed by atoms with van der Waals surface area (Å²) in [5.74, 6) is -1.29. The summed E-state index contributed by atoms with van der Waals surface area (Å²) in [6, 6.07) is 10.5. The lowest BCUT2D eigenvalue weighted by atomic mass is 10.1. The topological polar surface area (TPSA) is 66.5 Å². The van der Waals surface area contributed by atoms with Crippen LogP contribution in [0.3, 0.4) is 0 Å². The molecule has 0 atom stereocenters. The molecule has 0 spiro atoms. The summed E-state index contributed by atoms with van der Waals surface area (Å²) >= 11 is 5.68. The molecule has 0 aromatic heterocycles. The minimum atomic E-state index is -0.560. The van der Waals surface area contributed by atoms with Crippen LogP contribution in [0.2, 0.25) is 5.02 Å². The number of anilines is 1. The molecule has 1 aliphatic heterocycles. The van der Waals surface area contributed by atoms with E-state index < -0.39 is 5.82 Å². The Kier molecular flexibility index (Phi) is 4.81. The molecule has 0 aliphatic carbocycles. The smallest absolute Gasteiger partial charge is 0.255 e. The predicted octanol–water partition coefficient (Wildman–Crippen LogP) is 3.38. The van der Waals surface area contributed by atoms with Crippen molar-refractivity contribution in [2.24, 2.45) is 0 Å². The fraction of sp³-hybridized carbons (Fsp3) is 0.167. The number of rotatable bonds is 4. The molecule has 1 N–H and O–H groups in total. The van der Waals surface area contributed by atoms with Crippen molar-refractivity contribution in [3.05, 3.63) is 64.4 Å². The first kappa shape index (κ1) is 17.1. The molecule has 25 heavy (non-hydrogen) atoms. The van der Waals surface area contributed by atoms with Crippen molar-refractivity contribution in [3.8, 4) is 0 Å². The summed E-state index contributed by atoms with van der Waals surface area (Å²) in [5.41, 5.74) is 1.53. The summed E-state index contributed by atoms with van der Waals surface area (Å²) in [6.45, 7) is 0.202. The summed E-state index contributed by atoms with van der Waals surface area (Å²) in [4.78, 5) is 36.7. The highest BCUT2D eigenvalue weighted by atomic mass is 35.5. The van der Waals surface area contributed by atoms with E-state index in [2.05, 4.69) is 5.32 Å². The lowest BCUT2D eigenvalue weighted by Gasteiger charge is -2.14. The van der Waals surface area contributed by atoms with Gasteiger partial charge in [-0.15, -0.1) is 0 Å². The van der Waals surface area contributed by atoms with Crippen LogP contribution in [-0.2, 0) is 16.1 Å². The average Bonchev–Trinajstić information content (AvgIpc) is 2.91. The van der Waals surface area contributed by atoms with Crippen LogP contribution in [0.5, 0.6) is 0 Å². The Labute approximate surface area is 148 Å². The molecule has 7 heteroatoms. The van der Waals surface area contributed by atoms with Crippen molar-refractivity contribution in [1.82, 2.24) is 4.90 Å². The fourth-order valence-electron chi connectivity index (χ4n) is 2.52. The number of hydrogen-bond acceptors (Lipinski definition) is 3. The number of nitrogens with one attached hydrogen (secondary N) is 1. The van der Waals surface area contributed by atoms with Crippen LogP contribution in [-0.4, -0.2) is 22.6 Å². The number of amides is 3. The molecule has 1 fully saturated rings. The van der Waals surface area contributed by atoms with E-state index in [0.29, 0.717) is 11.3 Å². The fourth-order valence-corrected chi connectivity index (χ4v) is 2.70. The summed E-state index contributed by atoms with van der Waals surface area (Å²) in [5, 5.41) is 2.55. The van der Waals surface area contributed by atoms with Crippen LogP contribution in [0.15, 0.2) is 42.5 Å². The van der Waals surface area contributed by atoms with Crippen molar-refractivity contribution in [2.75, 3.05) is 5.32 Å². The molecule has 0 unspecified atom stereocenters. The van der Waals surface area contributed by atoms with E-state index >= 15 is 0 Å². The van der Waals surface area contributed by atoms with Crippen molar-refractivity contribution < 1.29 is 18.8 Å². The van der Waals surface area contributed by atoms with Gasteiger partial charge < -0.3 is 5.32 Å². The zero-order chi connectivity index (χ0) is 18.0. The number of carbonyl (C=O) groups is 3. The number of hydrogen-bond donors (Lipinski definition) is 1. The van der Waals surface area contributed by atoms with Gasteiger partial charge in [-0.1, -0.05) is 23.7 Å². The second kappa shape index (κ2) is 7.03. The molecule has 128 valence electrons. The molecule has 3 amide bonds. The van der Waals surface area contributed by atoms with E-state index in [1.165, 1.54) is 23.1 Å². The number of benzene rings is 2. The SMILES string of the molecule is O=C(Nc1ccc(F)c(Cl)c1)c1ccc(CN2C(=O)CCC2=O)cc1. The van der Waals surface area contributed by atoms with Gasteiger partial charge in [-0.05, 0) is 35.9 Å². The maximum Gasteiger partial charge on any atom is 0.255 e. The van der Waals surface area contributed by atoms with Gasteiger partial charge in [0.15, 0.2) is 0 Å². The van der Waals surface area contributed by atoms with Gasteiger partial charge in [-0.3, -0.25) is 19.3 Å². The third kappa shape index (κ3) is 3.85. The number of halogens is 2. The maximum absolute atomic E-state index is 13.1. The first-order valence-electron chi connectivity index (χ1n) is 7.62. The van der Waals surface area contributed by atoms with Crippen LogP contribution >= 0.6 is 11.6 Å². The van der Waals surface area contributed by atoms with Crippen LogP contribution in [0.25, 0.3) is 0 Å². The average molecular weight is 361 g/mol. The monoisotopic (exact) mass is 360 g/mol. The van der Waals surface area contributed by atoms with Gasteiger partial charge in [0.25, 0.3) is 5.91 Å². The first-order chi connectivity index (χ1) is 11.9. The second-order valence-corrected chi connectivity index (χ2v) is 6.06. The van der Waals surface area contributed by atoms with E-state index in [1.54, 1.807) is 24.3 Å². The van der Waals surface area contributed by atoms with Gasteiger partial charge in [-0.2, -0.15) is 0 Å². The zero-order valence-electron chi connectivity index (χ0n) is 13.1. The van der Waals surface area contributed by atoms with Crippen LogP contribution in [0.1, 0.15) is 28.8 Å². The van der Waals surface area contributed by atoms with E-state index in [9.17, 15) is 18.8 Å². The Bertz CT molecular complexity index is 836. The number of likely N-dealkylation sites (tertiary alicyclic amines) is 1. The van der Waals surface area contributed by atoms with Gasteiger partial charge in [-0.25, -0.2) is 4.39 Å². The van der Waals surface area contributed by atoms with Crippen molar-refractivity contribution in [1.29, 1.82) is 0 Å². The highest BCUT2D eigenvalue weighted by Gasteiger charge is 2.28. The highest BCUT2D eigenvalue weighted by Crippen LogP contribution is 2.20. The first-order valence-corrected chi connectivity index (χ1v) is 8.00. The lowest BCUT2D eigenvalue weighted by molar-refractivity contribution is -0.139.